The summed E-state index contributed by atoms with van der Waals surface area (Å²) in [7, 11) is 11.2. The molecule has 12 heterocycles. The van der Waals surface area contributed by atoms with E-state index in [-0.39, 0.29) is 86.7 Å². The highest BCUT2D eigenvalue weighted by Gasteiger charge is 2.73. The summed E-state index contributed by atoms with van der Waals surface area (Å²) in [6.07, 6.45) is 10.2. The molecule has 12 aliphatic rings. The van der Waals surface area contributed by atoms with Crippen molar-refractivity contribution in [2.45, 2.75) is 211 Å². The molecule has 0 saturated carbocycles. The van der Waals surface area contributed by atoms with Crippen molar-refractivity contribution in [1.82, 2.24) is 29.4 Å². The number of fused-ring (bicyclic) bond motifs is 12. The van der Waals surface area contributed by atoms with Crippen LogP contribution in [0.15, 0.2) is 0 Å². The van der Waals surface area contributed by atoms with Crippen LogP contribution in [0.25, 0.3) is 0 Å². The highest BCUT2D eigenvalue weighted by molar-refractivity contribution is 5.92. The second-order valence-electron chi connectivity index (χ2n) is 28.4. The van der Waals surface area contributed by atoms with E-state index in [9.17, 15) is 9.59 Å². The fourth-order valence-corrected chi connectivity index (χ4v) is 20.9. The third-order valence-corrected chi connectivity index (χ3v) is 23.2. The summed E-state index contributed by atoms with van der Waals surface area (Å²) >= 11 is 0. The number of nitrogens with zero attached hydrogens (tertiary/aromatic N) is 6. The summed E-state index contributed by atoms with van der Waals surface area (Å²) in [6.45, 7) is 7.19. The van der Waals surface area contributed by atoms with E-state index in [1.54, 1.807) is 47.6 Å². The molecular weight excluding hydrogens is 1040 g/mol. The first-order valence-electron chi connectivity index (χ1n) is 30.4. The lowest BCUT2D eigenvalue weighted by molar-refractivity contribution is -0.148. The van der Waals surface area contributed by atoms with Crippen LogP contribution in [-0.2, 0) is 66.7 Å². The molecule has 450 valence electrons. The van der Waals surface area contributed by atoms with Gasteiger partial charge < -0.3 is 62.4 Å². The summed E-state index contributed by atoms with van der Waals surface area (Å²) in [6, 6.07) is -2.25. The third-order valence-electron chi connectivity index (χ3n) is 23.2. The molecule has 12 saturated heterocycles. The Hall–Kier alpha value is -4.15. The Balaban J connectivity index is 0.797. The van der Waals surface area contributed by atoms with Gasteiger partial charge in [0.1, 0.15) is 5.60 Å². The summed E-state index contributed by atoms with van der Waals surface area (Å²) in [5.74, 6) is -3.62. The van der Waals surface area contributed by atoms with Crippen LogP contribution in [0.3, 0.4) is 0 Å². The van der Waals surface area contributed by atoms with Crippen LogP contribution in [0.2, 0.25) is 0 Å². The molecular formula is C60H90N6O15. The molecule has 0 N–H and O–H groups in total. The SMILES string of the molecule is COCC12CCC(C(C(=O)N3C4CCC3(COC)CC4C(=O)N3C4CCC3(COC)CC4C(=O)N3C4CCC3(COC)CC4C(=O)N3C4CCC3(COC)CC4C(=O)N3C4CCC3(COC)CC4C(=O)OC)C1)N2C(=O)OC(C)(C)C. The van der Waals surface area contributed by atoms with Crippen LogP contribution >= 0.6 is 0 Å². The predicted octanol–water partition coefficient (Wildman–Crippen LogP) is 3.94. The topological polar surface area (TPSA) is 213 Å². The van der Waals surface area contributed by atoms with Gasteiger partial charge in [0.25, 0.3) is 0 Å². The first-order chi connectivity index (χ1) is 38.7. The molecule has 12 aliphatic heterocycles. The molecule has 0 aromatic heterocycles. The minimum Gasteiger partial charge on any atom is -0.469 e. The minimum absolute atomic E-state index is 0.0378. The van der Waals surface area contributed by atoms with Crippen molar-refractivity contribution in [2.75, 3.05) is 89.4 Å². The van der Waals surface area contributed by atoms with Gasteiger partial charge in [-0.3, -0.25) is 33.7 Å². The quantitative estimate of drug-likeness (QED) is 0.178. The van der Waals surface area contributed by atoms with Crippen molar-refractivity contribution in [3.8, 4) is 0 Å². The van der Waals surface area contributed by atoms with E-state index in [0.29, 0.717) is 116 Å². The molecule has 0 aromatic carbocycles. The summed E-state index contributed by atoms with van der Waals surface area (Å²) in [5, 5.41) is 0. The smallest absolute Gasteiger partial charge is 0.411 e. The molecule has 12 rings (SSSR count). The zero-order valence-corrected chi connectivity index (χ0v) is 49.7. The number of hydrogen-bond acceptors (Lipinski definition) is 15. The van der Waals surface area contributed by atoms with Crippen LogP contribution in [0, 0.1) is 35.5 Å². The first kappa shape index (κ1) is 57.3. The van der Waals surface area contributed by atoms with E-state index in [1.165, 1.54) is 7.11 Å². The monoisotopic (exact) mass is 1130 g/mol. The average Bonchev–Trinajstić information content (AvgIpc) is 3.09. The molecule has 18 unspecified atom stereocenters. The van der Waals surface area contributed by atoms with Crippen molar-refractivity contribution >= 4 is 41.6 Å². The lowest BCUT2D eigenvalue weighted by Crippen LogP contribution is -2.54. The van der Waals surface area contributed by atoms with E-state index >= 15 is 24.0 Å². The van der Waals surface area contributed by atoms with Crippen LogP contribution in [0.5, 0.6) is 0 Å². The van der Waals surface area contributed by atoms with E-state index in [4.69, 9.17) is 37.9 Å². The molecule has 0 aliphatic carbocycles. The largest absolute Gasteiger partial charge is 0.469 e. The minimum atomic E-state index is -0.744. The number of hydrogen-bond donors (Lipinski definition) is 0. The summed E-state index contributed by atoms with van der Waals surface area (Å²) < 4.78 is 46.6. The lowest BCUT2D eigenvalue weighted by Gasteiger charge is -2.37. The Morgan fingerprint density at radius 3 is 0.778 bits per heavy atom. The van der Waals surface area contributed by atoms with Gasteiger partial charge in [-0.1, -0.05) is 0 Å². The normalized spacial score (nSPS) is 42.9. The zero-order valence-electron chi connectivity index (χ0n) is 49.7. The van der Waals surface area contributed by atoms with Crippen LogP contribution in [0.4, 0.5) is 4.79 Å². The number of carbonyl (C=O) groups excluding carboxylic acids is 7. The molecule has 0 spiro atoms. The molecule has 12 fully saturated rings. The molecule has 6 amide bonds. The van der Waals surface area contributed by atoms with Gasteiger partial charge in [0.15, 0.2) is 0 Å². The number of carbonyl (C=O) groups is 7. The second-order valence-corrected chi connectivity index (χ2v) is 28.4. The summed E-state index contributed by atoms with van der Waals surface area (Å²) in [4.78, 5) is 117. The Bertz CT molecular complexity index is 2570. The van der Waals surface area contributed by atoms with E-state index in [1.807, 2.05) is 45.3 Å². The molecule has 18 atom stereocenters. The van der Waals surface area contributed by atoms with E-state index in [2.05, 4.69) is 0 Å². The first-order valence-corrected chi connectivity index (χ1v) is 30.4. The van der Waals surface area contributed by atoms with E-state index < -0.39 is 98.6 Å². The maximum absolute atomic E-state index is 15.9. The van der Waals surface area contributed by atoms with Crippen molar-refractivity contribution in [1.29, 1.82) is 0 Å². The van der Waals surface area contributed by atoms with Gasteiger partial charge in [-0.2, -0.15) is 0 Å². The maximum Gasteiger partial charge on any atom is 0.411 e. The van der Waals surface area contributed by atoms with Crippen LogP contribution < -0.4 is 0 Å². The Kier molecular flexibility index (Phi) is 14.3. The molecule has 0 aromatic rings. The number of esters is 1. The third kappa shape index (κ3) is 8.18. The highest BCUT2D eigenvalue weighted by atomic mass is 16.6. The zero-order chi connectivity index (χ0) is 57.6. The Morgan fingerprint density at radius 1 is 0.346 bits per heavy atom. The van der Waals surface area contributed by atoms with Gasteiger partial charge >= 0.3 is 12.1 Å². The van der Waals surface area contributed by atoms with Gasteiger partial charge in [0.2, 0.25) is 29.5 Å². The standard InChI is InChI=1S/C60H90N6O15/c1-54(2,3)81-53(73)66-45-15-22-60(66,34-79-9)27-39(45)51(71)64-43-13-20-58(64,32-77-7)25-37(43)49(69)62-41-11-18-56(62,30-75-5)23-35(41)47(67)61-42-12-17-55(61,29-74-4)24-36(42)48(68)63-44-14-19-57(63,31-76-6)26-38(44)50(70)65-46-16-21-59(65,33-78-8)28-40(46)52(72)80-10/h35-46H,11-34H2,1-10H3. The summed E-state index contributed by atoms with van der Waals surface area (Å²) in [5.41, 5.74) is -4.94. The predicted molar refractivity (Wildman–Crippen MR) is 289 cm³/mol. The number of amides is 6. The van der Waals surface area contributed by atoms with E-state index in [0.717, 1.165) is 6.42 Å². The average molecular weight is 1140 g/mol. The van der Waals surface area contributed by atoms with Gasteiger partial charge in [-0.25, -0.2) is 4.79 Å². The number of ether oxygens (including phenoxy) is 8. The fourth-order valence-electron chi connectivity index (χ4n) is 20.9. The highest BCUT2D eigenvalue weighted by Crippen LogP contribution is 2.62. The maximum atomic E-state index is 15.9. The van der Waals surface area contributed by atoms with Crippen molar-refractivity contribution in [3.05, 3.63) is 0 Å². The molecule has 12 bridgehead atoms. The molecule has 0 radical (unpaired) electrons. The van der Waals surface area contributed by atoms with Gasteiger partial charge in [-0.15, -0.1) is 0 Å². The molecule has 21 nitrogen and oxygen atoms in total. The lowest BCUT2D eigenvalue weighted by atomic mass is 9.79. The second kappa shape index (κ2) is 20.3. The Morgan fingerprint density at radius 2 is 0.556 bits per heavy atom. The van der Waals surface area contributed by atoms with Crippen LogP contribution in [0.1, 0.15) is 136 Å². The number of methoxy groups -OCH3 is 7. The van der Waals surface area contributed by atoms with Crippen molar-refractivity contribution in [3.63, 3.8) is 0 Å². The van der Waals surface area contributed by atoms with Crippen LogP contribution in [-0.4, -0.2) is 235 Å². The Labute approximate surface area is 477 Å². The molecule has 81 heavy (non-hydrogen) atoms. The van der Waals surface area contributed by atoms with Gasteiger partial charge in [-0.05, 0) is 136 Å². The number of rotatable bonds is 18. The van der Waals surface area contributed by atoms with Crippen molar-refractivity contribution < 1.29 is 71.5 Å². The fraction of sp³-hybridized carbons (Fsp3) is 0.883. The van der Waals surface area contributed by atoms with Crippen molar-refractivity contribution in [2.24, 2.45) is 35.5 Å². The van der Waals surface area contributed by atoms with Gasteiger partial charge in [0.05, 0.1) is 115 Å². The van der Waals surface area contributed by atoms with Gasteiger partial charge in [0, 0.05) is 78.9 Å². The molecule has 21 heteroatoms.